The summed E-state index contributed by atoms with van der Waals surface area (Å²) in [6, 6.07) is 29.2. The Bertz CT molecular complexity index is 1570. The monoisotopic (exact) mass is 396 g/mol. The van der Waals surface area contributed by atoms with Crippen molar-refractivity contribution in [3.8, 4) is 44.6 Å². The molecular weight excluding hydrogens is 374 g/mol. The number of pyridine rings is 1. The molecule has 2 aliphatic carbocycles. The zero-order chi connectivity index (χ0) is 20.7. The Kier molecular flexibility index (Phi) is 3.25. The van der Waals surface area contributed by atoms with Crippen molar-refractivity contribution in [1.82, 2.24) is 0 Å². The van der Waals surface area contributed by atoms with Crippen molar-refractivity contribution in [2.24, 2.45) is 7.05 Å². The van der Waals surface area contributed by atoms with Gasteiger partial charge in [0.2, 0.25) is 5.69 Å². The average molecular weight is 397 g/mol. The van der Waals surface area contributed by atoms with Gasteiger partial charge in [-0.15, -0.1) is 0 Å². The summed E-state index contributed by atoms with van der Waals surface area (Å²) in [6.07, 6.45) is 3.24. The van der Waals surface area contributed by atoms with Gasteiger partial charge in [-0.25, -0.2) is 4.57 Å². The molecule has 0 saturated carbocycles. The topological polar surface area (TPSA) is 3.88 Å². The molecule has 1 heterocycles. The number of aryl methyl sites for hydroxylation is 2. The molecule has 1 nitrogen and oxygen atoms in total. The number of hydrogen-bond acceptors (Lipinski definition) is 0. The van der Waals surface area contributed by atoms with E-state index < -0.39 is 0 Å². The third-order valence-corrected chi connectivity index (χ3v) is 7.22. The van der Waals surface area contributed by atoms with Gasteiger partial charge in [0.15, 0.2) is 6.20 Å². The smallest absolute Gasteiger partial charge is 0.200 e. The summed E-state index contributed by atoms with van der Waals surface area (Å²) in [7, 11) is 2.19. The van der Waals surface area contributed by atoms with Crippen molar-refractivity contribution in [3.05, 3.63) is 102 Å². The van der Waals surface area contributed by atoms with Gasteiger partial charge < -0.3 is 0 Å². The first kappa shape index (κ1) is 17.0. The first-order valence-electron chi connectivity index (χ1n) is 11.0. The van der Waals surface area contributed by atoms with Crippen molar-refractivity contribution < 1.29 is 4.57 Å². The molecule has 0 aliphatic heterocycles. The van der Waals surface area contributed by atoms with E-state index in [2.05, 4.69) is 104 Å². The molecule has 0 N–H and O–H groups in total. The molecule has 0 radical (unpaired) electrons. The average Bonchev–Trinajstić information content (AvgIpc) is 3.32. The lowest BCUT2D eigenvalue weighted by molar-refractivity contribution is -0.659. The molecule has 1 heteroatoms. The Labute approximate surface area is 182 Å². The van der Waals surface area contributed by atoms with E-state index in [1.165, 1.54) is 72.1 Å². The number of aromatic nitrogens is 1. The Balaban J connectivity index is 1.60. The van der Waals surface area contributed by atoms with Crippen molar-refractivity contribution in [2.75, 3.05) is 0 Å². The summed E-state index contributed by atoms with van der Waals surface area (Å²) in [6.45, 7) is 2.26. The lowest BCUT2D eigenvalue weighted by atomic mass is 9.89. The first-order valence-corrected chi connectivity index (χ1v) is 11.0. The van der Waals surface area contributed by atoms with Crippen LogP contribution in [0, 0.1) is 6.92 Å². The summed E-state index contributed by atoms with van der Waals surface area (Å²) in [4.78, 5) is 0. The van der Waals surface area contributed by atoms with Crippen molar-refractivity contribution in [2.45, 2.75) is 13.3 Å². The maximum atomic E-state index is 2.33. The lowest BCUT2D eigenvalue weighted by Gasteiger charge is -2.14. The predicted molar refractivity (Wildman–Crippen MR) is 128 cm³/mol. The van der Waals surface area contributed by atoms with Crippen LogP contribution in [0.5, 0.6) is 0 Å². The summed E-state index contributed by atoms with van der Waals surface area (Å²) in [5.74, 6) is 0. The molecule has 0 spiro atoms. The van der Waals surface area contributed by atoms with E-state index in [1.807, 2.05) is 0 Å². The quantitative estimate of drug-likeness (QED) is 0.267. The molecule has 5 aromatic rings. The Morgan fingerprint density at radius 1 is 0.645 bits per heavy atom. The van der Waals surface area contributed by atoms with Crippen LogP contribution in [0.4, 0.5) is 0 Å². The predicted octanol–water partition coefficient (Wildman–Crippen LogP) is 6.86. The maximum absolute atomic E-state index is 2.33. The van der Waals surface area contributed by atoms with Gasteiger partial charge in [-0.1, -0.05) is 72.8 Å². The van der Waals surface area contributed by atoms with Crippen LogP contribution in [0.2, 0.25) is 0 Å². The normalized spacial score (nSPS) is 12.7. The fraction of sp³-hybridized carbons (Fsp3) is 0.100. The molecular formula is C30H22N+. The van der Waals surface area contributed by atoms with E-state index >= 15 is 0 Å². The van der Waals surface area contributed by atoms with Crippen molar-refractivity contribution in [3.63, 3.8) is 0 Å². The minimum atomic E-state index is 1.00. The fourth-order valence-corrected chi connectivity index (χ4v) is 5.88. The number of fused-ring (bicyclic) bond motifs is 6. The van der Waals surface area contributed by atoms with Crippen LogP contribution >= 0.6 is 0 Å². The number of hydrogen-bond donors (Lipinski definition) is 0. The molecule has 1 aromatic heterocycles. The molecule has 0 atom stereocenters. The van der Waals surface area contributed by atoms with Crippen molar-refractivity contribution in [1.29, 1.82) is 0 Å². The van der Waals surface area contributed by atoms with Gasteiger partial charge in [-0.3, -0.25) is 0 Å². The molecule has 0 bridgehead atoms. The van der Waals surface area contributed by atoms with E-state index in [4.69, 9.17) is 0 Å². The highest BCUT2D eigenvalue weighted by Gasteiger charge is 2.33. The van der Waals surface area contributed by atoms with Crippen LogP contribution in [-0.4, -0.2) is 0 Å². The highest BCUT2D eigenvalue weighted by Crippen LogP contribution is 2.52. The van der Waals surface area contributed by atoms with Gasteiger partial charge in [0, 0.05) is 11.6 Å². The number of nitrogens with zero attached hydrogens (tertiary/aromatic N) is 1. The SMILES string of the molecule is Cc1ccc2c(c1-c1c3c(cc[n+]1C)-c1cccc4cccc-3c14)Cc1ccccc1-2. The fourth-order valence-electron chi connectivity index (χ4n) is 5.88. The second-order valence-electron chi connectivity index (χ2n) is 8.89. The molecule has 31 heavy (non-hydrogen) atoms. The molecule has 146 valence electrons. The molecule has 0 saturated heterocycles. The molecule has 4 aromatic carbocycles. The van der Waals surface area contributed by atoms with E-state index in [0.29, 0.717) is 0 Å². The summed E-state index contributed by atoms with van der Waals surface area (Å²) < 4.78 is 2.33. The standard InChI is InChI=1S/C30H22N/c1-18-13-14-22-21-10-4-3-7-20(21)17-26(22)27(18)30-29-24(15-16-31(30)2)23-11-5-8-19-9-6-12-25(29)28(19)23/h3-16H,17H2,1-2H3/q+1. The maximum Gasteiger partial charge on any atom is 0.221 e. The van der Waals surface area contributed by atoms with E-state index in [0.717, 1.165) is 6.42 Å². The lowest BCUT2D eigenvalue weighted by Crippen LogP contribution is -2.31. The third-order valence-electron chi connectivity index (χ3n) is 7.22. The number of benzene rings is 4. The van der Waals surface area contributed by atoms with Gasteiger partial charge in [-0.2, -0.15) is 0 Å². The minimum Gasteiger partial charge on any atom is -0.200 e. The highest BCUT2D eigenvalue weighted by atomic mass is 14.9. The minimum absolute atomic E-state index is 1.00. The second-order valence-corrected chi connectivity index (χ2v) is 8.89. The van der Waals surface area contributed by atoms with E-state index in [1.54, 1.807) is 0 Å². The Hall–Kier alpha value is -3.71. The molecule has 0 fully saturated rings. The Morgan fingerprint density at radius 3 is 2.29 bits per heavy atom. The van der Waals surface area contributed by atoms with Gasteiger partial charge in [0.05, 0.1) is 11.1 Å². The van der Waals surface area contributed by atoms with Crippen LogP contribution in [0.15, 0.2) is 85.1 Å². The Morgan fingerprint density at radius 2 is 1.42 bits per heavy atom. The summed E-state index contributed by atoms with van der Waals surface area (Å²) in [5.41, 5.74) is 15.2. The second kappa shape index (κ2) is 5.92. The zero-order valence-corrected chi connectivity index (χ0v) is 17.7. The largest absolute Gasteiger partial charge is 0.221 e. The van der Waals surface area contributed by atoms with E-state index in [9.17, 15) is 0 Å². The van der Waals surface area contributed by atoms with Crippen LogP contribution in [-0.2, 0) is 13.5 Å². The first-order chi connectivity index (χ1) is 15.2. The van der Waals surface area contributed by atoms with Gasteiger partial charge >= 0.3 is 0 Å². The van der Waals surface area contributed by atoms with Gasteiger partial charge in [0.1, 0.15) is 7.05 Å². The van der Waals surface area contributed by atoms with Gasteiger partial charge in [0.25, 0.3) is 0 Å². The highest BCUT2D eigenvalue weighted by molar-refractivity contribution is 6.17. The van der Waals surface area contributed by atoms with Crippen LogP contribution in [0.1, 0.15) is 16.7 Å². The molecule has 0 unspecified atom stereocenters. The van der Waals surface area contributed by atoms with E-state index in [-0.39, 0.29) is 0 Å². The molecule has 0 amide bonds. The summed E-state index contributed by atoms with van der Waals surface area (Å²) >= 11 is 0. The van der Waals surface area contributed by atoms with Gasteiger partial charge in [-0.05, 0) is 63.1 Å². The van der Waals surface area contributed by atoms with Crippen LogP contribution in [0.25, 0.3) is 55.4 Å². The molecule has 2 aliphatic rings. The van der Waals surface area contributed by atoms with Crippen molar-refractivity contribution >= 4 is 10.8 Å². The third kappa shape index (κ3) is 2.13. The van der Waals surface area contributed by atoms with Crippen LogP contribution in [0.3, 0.4) is 0 Å². The molecule has 7 rings (SSSR count). The zero-order valence-electron chi connectivity index (χ0n) is 17.7. The summed E-state index contributed by atoms with van der Waals surface area (Å²) in [5, 5.41) is 2.71. The number of rotatable bonds is 1. The van der Waals surface area contributed by atoms with Crippen LogP contribution < -0.4 is 4.57 Å².